The van der Waals surface area contributed by atoms with E-state index in [-0.39, 0.29) is 0 Å². The Morgan fingerprint density at radius 1 is 1.04 bits per heavy atom. The van der Waals surface area contributed by atoms with Crippen LogP contribution in [0.4, 0.5) is 5.69 Å². The molecule has 0 radical (unpaired) electrons. The van der Waals surface area contributed by atoms with Crippen molar-refractivity contribution in [3.8, 4) is 11.5 Å². The van der Waals surface area contributed by atoms with E-state index < -0.39 is 0 Å². The van der Waals surface area contributed by atoms with Gasteiger partial charge in [-0.3, -0.25) is 0 Å². The molecule has 1 aliphatic rings. The minimum Gasteiger partial charge on any atom is -0.493 e. The van der Waals surface area contributed by atoms with E-state index in [0.717, 1.165) is 36.4 Å². The molecule has 0 fully saturated rings. The fourth-order valence-electron chi connectivity index (χ4n) is 3.02. The quantitative estimate of drug-likeness (QED) is 0.708. The van der Waals surface area contributed by atoms with Crippen LogP contribution in [-0.4, -0.2) is 13.7 Å². The fraction of sp³-hybridized carbons (Fsp3) is 0.304. The third kappa shape index (κ3) is 4.48. The predicted molar refractivity (Wildman–Crippen MR) is 108 cm³/mol. The van der Waals surface area contributed by atoms with Crippen molar-refractivity contribution in [3.63, 3.8) is 0 Å². The maximum Gasteiger partial charge on any atom is 0.161 e. The fourth-order valence-corrected chi connectivity index (χ4v) is 3.02. The van der Waals surface area contributed by atoms with E-state index in [1.807, 2.05) is 12.1 Å². The van der Waals surface area contributed by atoms with Gasteiger partial charge in [-0.05, 0) is 67.2 Å². The van der Waals surface area contributed by atoms with Crippen LogP contribution in [0.15, 0.2) is 60.2 Å². The van der Waals surface area contributed by atoms with Gasteiger partial charge in [0.05, 0.1) is 7.11 Å². The van der Waals surface area contributed by atoms with Gasteiger partial charge >= 0.3 is 0 Å². The Bertz CT molecular complexity index is 821. The van der Waals surface area contributed by atoms with Crippen LogP contribution >= 0.6 is 0 Å². The SMILES string of the molecule is COc1cc(CNc2cccc(C)c2C)ccc1OCC1=CCCC=C1. The third-order valence-corrected chi connectivity index (χ3v) is 4.78. The Hall–Kier alpha value is -2.68. The third-order valence-electron chi connectivity index (χ3n) is 4.78. The van der Waals surface area contributed by atoms with Gasteiger partial charge in [0.1, 0.15) is 6.61 Å². The van der Waals surface area contributed by atoms with E-state index in [0.29, 0.717) is 6.61 Å². The number of allylic oxidation sites excluding steroid dienone is 2. The number of ether oxygens (including phenoxy) is 2. The number of hydrogen-bond acceptors (Lipinski definition) is 3. The molecule has 0 heterocycles. The van der Waals surface area contributed by atoms with E-state index >= 15 is 0 Å². The first-order valence-corrected chi connectivity index (χ1v) is 9.13. The van der Waals surface area contributed by atoms with Crippen molar-refractivity contribution in [2.24, 2.45) is 0 Å². The molecular formula is C23H27NO2. The molecule has 0 saturated heterocycles. The van der Waals surface area contributed by atoms with Gasteiger partial charge in [-0.2, -0.15) is 0 Å². The largest absolute Gasteiger partial charge is 0.493 e. The lowest BCUT2D eigenvalue weighted by Crippen LogP contribution is -2.05. The molecule has 0 aliphatic heterocycles. The highest BCUT2D eigenvalue weighted by Crippen LogP contribution is 2.29. The Kier molecular flexibility index (Phi) is 6.00. The highest BCUT2D eigenvalue weighted by molar-refractivity contribution is 5.54. The summed E-state index contributed by atoms with van der Waals surface area (Å²) in [6.45, 7) is 5.60. The first-order chi connectivity index (χ1) is 12.7. The Balaban J connectivity index is 1.65. The lowest BCUT2D eigenvalue weighted by Gasteiger charge is -2.15. The van der Waals surface area contributed by atoms with Gasteiger partial charge < -0.3 is 14.8 Å². The topological polar surface area (TPSA) is 30.5 Å². The Morgan fingerprint density at radius 3 is 2.69 bits per heavy atom. The molecule has 3 nitrogen and oxygen atoms in total. The molecule has 0 atom stereocenters. The summed E-state index contributed by atoms with van der Waals surface area (Å²) in [6.07, 6.45) is 8.77. The molecule has 0 spiro atoms. The second-order valence-corrected chi connectivity index (χ2v) is 6.63. The highest BCUT2D eigenvalue weighted by Gasteiger charge is 2.08. The molecule has 3 heteroatoms. The number of methoxy groups -OCH3 is 1. The first kappa shape index (κ1) is 18.1. The normalized spacial score (nSPS) is 13.3. The zero-order valence-corrected chi connectivity index (χ0v) is 15.8. The minimum atomic E-state index is 0.576. The second-order valence-electron chi connectivity index (χ2n) is 6.63. The van der Waals surface area contributed by atoms with E-state index in [9.17, 15) is 0 Å². The van der Waals surface area contributed by atoms with Crippen LogP contribution in [0.5, 0.6) is 11.5 Å². The zero-order chi connectivity index (χ0) is 18.4. The molecule has 0 bridgehead atoms. The number of anilines is 1. The van der Waals surface area contributed by atoms with Gasteiger partial charge in [0, 0.05) is 12.2 Å². The summed E-state index contributed by atoms with van der Waals surface area (Å²) in [5.41, 5.74) is 6.13. The van der Waals surface area contributed by atoms with Crippen molar-refractivity contribution < 1.29 is 9.47 Å². The molecule has 136 valence electrons. The summed E-state index contributed by atoms with van der Waals surface area (Å²) >= 11 is 0. The van der Waals surface area contributed by atoms with Crippen molar-refractivity contribution in [2.75, 3.05) is 19.0 Å². The maximum absolute atomic E-state index is 5.96. The number of nitrogens with one attached hydrogen (secondary N) is 1. The van der Waals surface area contributed by atoms with Crippen LogP contribution in [0.3, 0.4) is 0 Å². The molecule has 3 rings (SSSR count). The monoisotopic (exact) mass is 349 g/mol. The smallest absolute Gasteiger partial charge is 0.161 e. The average Bonchev–Trinajstić information content (AvgIpc) is 2.68. The van der Waals surface area contributed by atoms with Crippen LogP contribution in [0, 0.1) is 13.8 Å². The van der Waals surface area contributed by atoms with Crippen LogP contribution in [0.25, 0.3) is 0 Å². The second kappa shape index (κ2) is 8.61. The number of rotatable bonds is 7. The van der Waals surface area contributed by atoms with Crippen LogP contribution in [0.1, 0.15) is 29.5 Å². The van der Waals surface area contributed by atoms with Crippen LogP contribution in [-0.2, 0) is 6.54 Å². The standard InChI is InChI=1S/C23H27NO2/c1-17-8-7-11-21(18(17)2)24-15-20-12-13-22(23(14-20)25-3)26-16-19-9-5-4-6-10-19/h5,7-14,24H,4,6,15-16H2,1-3H3. The van der Waals surface area contributed by atoms with E-state index in [2.05, 4.69) is 61.7 Å². The summed E-state index contributed by atoms with van der Waals surface area (Å²) in [5.74, 6) is 1.55. The van der Waals surface area contributed by atoms with Crippen molar-refractivity contribution in [1.29, 1.82) is 0 Å². The van der Waals surface area contributed by atoms with Crippen molar-refractivity contribution in [3.05, 3.63) is 76.9 Å². The predicted octanol–water partition coefficient (Wildman–Crippen LogP) is 5.58. The summed E-state index contributed by atoms with van der Waals surface area (Å²) in [7, 11) is 1.68. The van der Waals surface area contributed by atoms with Crippen molar-refractivity contribution >= 4 is 5.69 Å². The average molecular weight is 349 g/mol. The summed E-state index contributed by atoms with van der Waals surface area (Å²) in [5, 5.41) is 3.51. The lowest BCUT2D eigenvalue weighted by atomic mass is 10.1. The molecule has 1 aliphatic carbocycles. The Morgan fingerprint density at radius 2 is 1.92 bits per heavy atom. The molecular weight excluding hydrogens is 322 g/mol. The van der Waals surface area contributed by atoms with Gasteiger partial charge in [-0.25, -0.2) is 0 Å². The number of benzene rings is 2. The molecule has 2 aromatic rings. The highest BCUT2D eigenvalue weighted by atomic mass is 16.5. The molecule has 1 N–H and O–H groups in total. The van der Waals surface area contributed by atoms with Gasteiger partial charge in [0.2, 0.25) is 0 Å². The number of aryl methyl sites for hydroxylation is 1. The van der Waals surface area contributed by atoms with Gasteiger partial charge in [0.25, 0.3) is 0 Å². The maximum atomic E-state index is 5.96. The summed E-state index contributed by atoms with van der Waals surface area (Å²) < 4.78 is 11.5. The lowest BCUT2D eigenvalue weighted by molar-refractivity contribution is 0.321. The van der Waals surface area contributed by atoms with E-state index in [1.165, 1.54) is 22.4 Å². The van der Waals surface area contributed by atoms with E-state index in [1.54, 1.807) is 7.11 Å². The summed E-state index contributed by atoms with van der Waals surface area (Å²) in [6, 6.07) is 12.4. The van der Waals surface area contributed by atoms with Gasteiger partial charge in [-0.15, -0.1) is 0 Å². The molecule has 0 amide bonds. The molecule has 0 aromatic heterocycles. The number of hydrogen-bond donors (Lipinski definition) is 1. The van der Waals surface area contributed by atoms with Crippen LogP contribution in [0.2, 0.25) is 0 Å². The minimum absolute atomic E-state index is 0.576. The van der Waals surface area contributed by atoms with E-state index in [4.69, 9.17) is 9.47 Å². The van der Waals surface area contributed by atoms with Crippen molar-refractivity contribution in [1.82, 2.24) is 0 Å². The van der Waals surface area contributed by atoms with Crippen LogP contribution < -0.4 is 14.8 Å². The zero-order valence-electron chi connectivity index (χ0n) is 15.8. The Labute approximate surface area is 156 Å². The van der Waals surface area contributed by atoms with Gasteiger partial charge in [-0.1, -0.05) is 36.4 Å². The molecule has 2 aromatic carbocycles. The first-order valence-electron chi connectivity index (χ1n) is 9.13. The van der Waals surface area contributed by atoms with Crippen molar-refractivity contribution in [2.45, 2.75) is 33.2 Å². The molecule has 0 unspecified atom stereocenters. The summed E-state index contributed by atoms with van der Waals surface area (Å²) in [4.78, 5) is 0. The molecule has 0 saturated carbocycles. The molecule has 26 heavy (non-hydrogen) atoms. The van der Waals surface area contributed by atoms with Gasteiger partial charge in [0.15, 0.2) is 11.5 Å².